The zero-order valence-corrected chi connectivity index (χ0v) is 67.9. The summed E-state index contributed by atoms with van der Waals surface area (Å²) in [6.07, 6.45) is 14.0. The van der Waals surface area contributed by atoms with E-state index in [0.717, 1.165) is 52.4 Å². The van der Waals surface area contributed by atoms with E-state index in [1.165, 1.54) is 19.0 Å². The number of ether oxygens (including phenoxy) is 4. The molecule has 13 heterocycles. The Balaban J connectivity index is 0.000000200. The molecular formula is C85H94F3N21O13. The number of carbonyl (C=O) groups excluding carboxylic acids is 3. The number of aromatic nitrogens is 15. The molecule has 0 unspecified atom stereocenters. The monoisotopic (exact) mass is 1670 g/mol. The van der Waals surface area contributed by atoms with Crippen molar-refractivity contribution in [3.63, 3.8) is 0 Å². The van der Waals surface area contributed by atoms with Gasteiger partial charge in [0.1, 0.15) is 45.8 Å². The van der Waals surface area contributed by atoms with Gasteiger partial charge in [-0.15, -0.1) is 0 Å². The van der Waals surface area contributed by atoms with E-state index in [2.05, 4.69) is 92.4 Å². The molecule has 0 bridgehead atoms. The van der Waals surface area contributed by atoms with Crippen LogP contribution in [0.5, 0.6) is 0 Å². The molecule has 37 heteroatoms. The van der Waals surface area contributed by atoms with Gasteiger partial charge < -0.3 is 65.3 Å². The van der Waals surface area contributed by atoms with Crippen molar-refractivity contribution in [1.82, 2.24) is 79.1 Å². The lowest BCUT2D eigenvalue weighted by Crippen LogP contribution is -2.45. The number of rotatable bonds is 30. The Labute approximate surface area is 700 Å². The first-order chi connectivity index (χ1) is 59.1. The van der Waals surface area contributed by atoms with Crippen LogP contribution in [0, 0.1) is 19.8 Å². The first-order valence-corrected chi connectivity index (χ1v) is 38.4. The van der Waals surface area contributed by atoms with Crippen LogP contribution in [0.2, 0.25) is 0 Å². The normalized spacial score (nSPS) is 12.2. The third kappa shape index (κ3) is 28.6. The second-order valence-corrected chi connectivity index (χ2v) is 27.2. The van der Waals surface area contributed by atoms with Crippen molar-refractivity contribution >= 4 is 65.8 Å². The molecule has 0 atom stereocenters. The number of carboxylic acid groups (broad SMARTS) is 3. The minimum Gasteiger partial charge on any atom is -0.483 e. The van der Waals surface area contributed by atoms with Gasteiger partial charge in [0.05, 0.1) is 98.1 Å². The van der Waals surface area contributed by atoms with Crippen LogP contribution < -0.4 is 26.2 Å². The van der Waals surface area contributed by atoms with Crippen LogP contribution in [-0.2, 0) is 72.5 Å². The fourth-order valence-electron chi connectivity index (χ4n) is 12.0. The molecule has 0 spiro atoms. The van der Waals surface area contributed by atoms with Crippen molar-refractivity contribution < 1.29 is 76.2 Å². The highest BCUT2D eigenvalue weighted by Gasteiger charge is 2.37. The van der Waals surface area contributed by atoms with Crippen LogP contribution in [0.3, 0.4) is 0 Å². The highest BCUT2D eigenvalue weighted by molar-refractivity contribution is 6.06. The molecule has 12 aromatic rings. The molecule has 2 fully saturated rings. The van der Waals surface area contributed by atoms with Gasteiger partial charge in [-0.3, -0.25) is 62.7 Å². The third-order valence-electron chi connectivity index (χ3n) is 18.1. The van der Waals surface area contributed by atoms with E-state index in [-0.39, 0.29) is 49.2 Å². The Bertz CT molecular complexity index is 5310. The molecular weight excluding hydrogens is 1580 g/mol. The molecule has 0 aromatic carbocycles. The fraction of sp³-hybridized carbons (Fsp3) is 0.294. The maximum atomic E-state index is 14.1. The molecule has 0 radical (unpaired) electrons. The zero-order valence-electron chi connectivity index (χ0n) is 67.9. The fourth-order valence-corrected chi connectivity index (χ4v) is 12.0. The quantitative estimate of drug-likeness (QED) is 0.0162. The van der Waals surface area contributed by atoms with Gasteiger partial charge in [0.25, 0.3) is 37.1 Å². The van der Waals surface area contributed by atoms with E-state index < -0.39 is 17.6 Å². The number of amides is 3. The predicted octanol–water partition coefficient (Wildman–Crippen LogP) is 11.0. The summed E-state index contributed by atoms with van der Waals surface area (Å²) in [4.78, 5) is 108. The van der Waals surface area contributed by atoms with E-state index in [9.17, 15) is 27.6 Å². The molecule has 12 aromatic heterocycles. The van der Waals surface area contributed by atoms with Gasteiger partial charge in [-0.25, -0.2) is 24.9 Å². The number of aryl methyl sites for hydroxylation is 3. The summed E-state index contributed by atoms with van der Waals surface area (Å²) in [5.74, 6) is 0.400. The second kappa shape index (κ2) is 47.5. The number of alkyl halides is 3. The van der Waals surface area contributed by atoms with Gasteiger partial charge in [-0.2, -0.15) is 28.5 Å². The largest absolute Gasteiger partial charge is 0.483 e. The number of anilines is 5. The summed E-state index contributed by atoms with van der Waals surface area (Å²) < 4.78 is 68.4. The number of piperazine rings is 1. The lowest BCUT2D eigenvalue weighted by molar-refractivity contribution is -0.137. The minimum atomic E-state index is -4.57. The van der Waals surface area contributed by atoms with E-state index in [4.69, 9.17) is 48.7 Å². The Hall–Kier alpha value is -14.0. The van der Waals surface area contributed by atoms with E-state index in [0.29, 0.717) is 165 Å². The Morgan fingerprint density at radius 1 is 0.516 bits per heavy atom. The number of carbonyl (C=O) groups is 6. The van der Waals surface area contributed by atoms with Crippen molar-refractivity contribution in [1.29, 1.82) is 0 Å². The molecule has 1 saturated carbocycles. The van der Waals surface area contributed by atoms with Crippen molar-refractivity contribution in [2.75, 3.05) is 120 Å². The second-order valence-electron chi connectivity index (χ2n) is 27.2. The average Bonchev–Trinajstić information content (AvgIpc) is 1.30. The molecule has 122 heavy (non-hydrogen) atoms. The number of hydrogen-bond acceptors (Lipinski definition) is 25. The van der Waals surface area contributed by atoms with Gasteiger partial charge >= 0.3 is 6.18 Å². The van der Waals surface area contributed by atoms with Crippen molar-refractivity contribution in [2.24, 2.45) is 13.0 Å². The summed E-state index contributed by atoms with van der Waals surface area (Å²) in [5, 5.41) is 46.5. The lowest BCUT2D eigenvalue weighted by atomic mass is 10.0. The summed E-state index contributed by atoms with van der Waals surface area (Å²) in [5.41, 5.74) is 11.5. The van der Waals surface area contributed by atoms with Gasteiger partial charge in [-0.1, -0.05) is 36.4 Å². The Morgan fingerprint density at radius 3 is 1.49 bits per heavy atom. The highest BCUT2D eigenvalue weighted by atomic mass is 19.4. The minimum absolute atomic E-state index is 0.0637. The number of pyridine rings is 9. The summed E-state index contributed by atoms with van der Waals surface area (Å²) in [6, 6.07) is 39.3. The number of hydrogen-bond donors (Lipinski definition) is 7. The van der Waals surface area contributed by atoms with Crippen LogP contribution >= 0.6 is 0 Å². The lowest BCUT2D eigenvalue weighted by Gasteiger charge is -2.34. The SMILES string of the molecule is COCCOCCn1cc(NC(=O)c2cccc(Cc3cc(C)ncc3C)n2)c(-c2ccccn2)n1.COCCOCCn1cc(NC(=O)c2cccc(Cc3cnc(N4CCN(C)CC4)c(C(F)(F)F)c3)n2)c(-c2ccccn2)n1.Cn1cc(NC(=O)c2cccc(-c3ccnc(NCC4CC4)c3)n2)c(-c2ccccn2)n1.O=CO.O=CO.O=CO. The molecule has 1 saturated heterocycles. The standard InChI is InChI=1S/C31H35F3N8O3.C27H30N6O3.C24H23N7O.3CH2O2/c1-40-10-12-41(13-11-40)29-24(31(32,33)34)19-22(20-36-29)18-23-6-5-8-26(37-23)30(43)38-27-21-42(14-15-45-17-16-44-2)39-28(27)25-7-3-4-9-35-25;1-19-17-29-20(2)15-21(19)16-22-7-6-9-24(30-22)27(34)31-25-18-33(11-12-36-14-13-35-3)32-26(25)23-8-4-5-10-28-23;1-31-15-21(23(30-31)19-5-2-3-11-25-19)29-24(32)20-7-4-6-18(28-20)17-10-12-26-22(13-17)27-14-16-8-9-16;3*2-1-3/h3-9,19-21H,10-18H2,1-2H3,(H,38,43);4-10,15,17-18H,11-14,16H2,1-3H3,(H,31,34);2-7,10-13,15-16H,8-9,14H2,1H3,(H,26,27)(H,29,32);3*1H,(H,2,3). The number of nitrogens with zero attached hydrogens (tertiary/aromatic N) is 17. The molecule has 1 aliphatic carbocycles. The van der Waals surface area contributed by atoms with Gasteiger partial charge in [0, 0.05) is 145 Å². The summed E-state index contributed by atoms with van der Waals surface area (Å²) in [7, 11) is 6.98. The van der Waals surface area contributed by atoms with E-state index in [1.807, 2.05) is 106 Å². The van der Waals surface area contributed by atoms with Crippen molar-refractivity contribution in [2.45, 2.75) is 58.8 Å². The van der Waals surface area contributed by atoms with Crippen LogP contribution in [0.15, 0.2) is 189 Å². The first kappa shape index (κ1) is 91.9. The molecule has 7 N–H and O–H groups in total. The predicted molar refractivity (Wildman–Crippen MR) is 448 cm³/mol. The number of methoxy groups -OCH3 is 2. The van der Waals surface area contributed by atoms with Gasteiger partial charge in [-0.05, 0) is 153 Å². The number of likely N-dealkylation sites (N-methyl/N-ethyl adjacent to an activating group) is 1. The molecule has 638 valence electrons. The summed E-state index contributed by atoms with van der Waals surface area (Å²) >= 11 is 0. The zero-order chi connectivity index (χ0) is 87.2. The van der Waals surface area contributed by atoms with Gasteiger partial charge in [0.2, 0.25) is 0 Å². The van der Waals surface area contributed by atoms with Gasteiger partial charge in [0.15, 0.2) is 0 Å². The maximum absolute atomic E-state index is 14.1. The first-order valence-electron chi connectivity index (χ1n) is 38.4. The molecule has 14 rings (SSSR count). The third-order valence-corrected chi connectivity index (χ3v) is 18.1. The maximum Gasteiger partial charge on any atom is 0.419 e. The van der Waals surface area contributed by atoms with Crippen LogP contribution in [0.25, 0.3) is 45.4 Å². The Kier molecular flexibility index (Phi) is 35.8. The number of halogens is 3. The average molecular weight is 1670 g/mol. The molecule has 34 nitrogen and oxygen atoms in total. The summed E-state index contributed by atoms with van der Waals surface area (Å²) in [6.45, 7) is 10.2. The van der Waals surface area contributed by atoms with Crippen LogP contribution in [0.4, 0.5) is 41.9 Å². The Morgan fingerprint density at radius 2 is 1.00 bits per heavy atom. The molecule has 2 aliphatic rings. The van der Waals surface area contributed by atoms with Crippen LogP contribution in [-0.4, -0.2) is 225 Å². The molecule has 1 aliphatic heterocycles. The molecule has 3 amide bonds. The van der Waals surface area contributed by atoms with E-state index in [1.54, 1.807) is 126 Å². The van der Waals surface area contributed by atoms with Crippen LogP contribution in [0.1, 0.15) is 83.6 Å². The smallest absolute Gasteiger partial charge is 0.419 e. The van der Waals surface area contributed by atoms with E-state index >= 15 is 0 Å². The van der Waals surface area contributed by atoms with Crippen molar-refractivity contribution in [3.05, 3.63) is 246 Å². The number of nitrogens with one attached hydrogen (secondary N) is 4. The highest BCUT2D eigenvalue weighted by Crippen LogP contribution is 2.37. The van der Waals surface area contributed by atoms with Crippen molar-refractivity contribution in [3.8, 4) is 45.4 Å². The topological polar surface area (TPSA) is 424 Å².